The zero-order valence-electron chi connectivity index (χ0n) is 7.63. The minimum atomic E-state index is -0.965. The van der Waals surface area contributed by atoms with E-state index in [0.29, 0.717) is 16.1 Å². The molecule has 5 heteroatoms. The van der Waals surface area contributed by atoms with Gasteiger partial charge in [-0.05, 0) is 17.2 Å². The molecule has 15 heavy (non-hydrogen) atoms. The summed E-state index contributed by atoms with van der Waals surface area (Å²) in [6.45, 7) is 0. The largest absolute Gasteiger partial charge is 0.481 e. The number of hydrogen-bond acceptors (Lipinski definition) is 2. The van der Waals surface area contributed by atoms with Crippen LogP contribution >= 0.6 is 23.2 Å². The third-order valence-electron chi connectivity index (χ3n) is 1.95. The summed E-state index contributed by atoms with van der Waals surface area (Å²) in [5, 5.41) is 17.8. The Kier molecular flexibility index (Phi) is 3.96. The molecule has 0 unspecified atom stereocenters. The van der Waals surface area contributed by atoms with E-state index in [1.165, 1.54) is 6.07 Å². The minimum Gasteiger partial charge on any atom is -0.481 e. The van der Waals surface area contributed by atoms with Crippen molar-refractivity contribution in [1.29, 1.82) is 5.26 Å². The van der Waals surface area contributed by atoms with Crippen molar-refractivity contribution in [3.8, 4) is 6.07 Å². The lowest BCUT2D eigenvalue weighted by Gasteiger charge is -2.07. The molecule has 0 heterocycles. The number of alkyl halides is 1. The third kappa shape index (κ3) is 2.62. The number of halogens is 2. The Morgan fingerprint density at radius 1 is 1.53 bits per heavy atom. The summed E-state index contributed by atoms with van der Waals surface area (Å²) in [7, 11) is 0. The van der Waals surface area contributed by atoms with Crippen LogP contribution in [0.5, 0.6) is 0 Å². The highest BCUT2D eigenvalue weighted by molar-refractivity contribution is 6.32. The topological polar surface area (TPSA) is 61.1 Å². The first-order chi connectivity index (χ1) is 7.10. The first-order valence-electron chi connectivity index (χ1n) is 4.08. The normalized spacial score (nSPS) is 9.67. The summed E-state index contributed by atoms with van der Waals surface area (Å²) in [4.78, 5) is 10.6. The highest BCUT2D eigenvalue weighted by atomic mass is 35.5. The van der Waals surface area contributed by atoms with E-state index in [9.17, 15) is 4.79 Å². The fourth-order valence-electron chi connectivity index (χ4n) is 1.26. The lowest BCUT2D eigenvalue weighted by atomic mass is 10.0. The number of carboxylic acid groups (broad SMARTS) is 1. The van der Waals surface area contributed by atoms with E-state index < -0.39 is 5.97 Å². The highest BCUT2D eigenvalue weighted by Gasteiger charge is 2.13. The van der Waals surface area contributed by atoms with Gasteiger partial charge in [0.1, 0.15) is 6.07 Å². The Bertz CT molecular complexity index is 438. The van der Waals surface area contributed by atoms with Gasteiger partial charge in [0.05, 0.1) is 17.0 Å². The minimum absolute atomic E-state index is 0.0755. The Balaban J connectivity index is 3.30. The number of aliphatic carboxylic acids is 1. The molecule has 1 aromatic rings. The zero-order chi connectivity index (χ0) is 11.4. The van der Waals surface area contributed by atoms with Crippen LogP contribution in [0.3, 0.4) is 0 Å². The van der Waals surface area contributed by atoms with Gasteiger partial charge in [-0.1, -0.05) is 17.7 Å². The molecule has 0 aliphatic carbocycles. The molecule has 1 rings (SSSR count). The Labute approximate surface area is 96.8 Å². The zero-order valence-corrected chi connectivity index (χ0v) is 9.14. The lowest BCUT2D eigenvalue weighted by molar-refractivity contribution is -0.136. The average Bonchev–Trinajstić information content (AvgIpc) is 2.19. The van der Waals surface area contributed by atoms with E-state index in [1.54, 1.807) is 6.07 Å². The van der Waals surface area contributed by atoms with Crippen LogP contribution in [0.4, 0.5) is 0 Å². The molecule has 0 aromatic heterocycles. The Morgan fingerprint density at radius 2 is 2.20 bits per heavy atom. The second-order valence-electron chi connectivity index (χ2n) is 2.88. The fraction of sp³-hybridized carbons (Fsp3) is 0.200. The molecule has 1 aromatic carbocycles. The number of benzene rings is 1. The van der Waals surface area contributed by atoms with Crippen molar-refractivity contribution in [3.05, 3.63) is 33.8 Å². The highest BCUT2D eigenvalue weighted by Crippen LogP contribution is 2.24. The van der Waals surface area contributed by atoms with Gasteiger partial charge in [-0.15, -0.1) is 11.6 Å². The molecule has 0 fully saturated rings. The van der Waals surface area contributed by atoms with Crippen LogP contribution < -0.4 is 0 Å². The van der Waals surface area contributed by atoms with E-state index in [0.717, 1.165) is 0 Å². The van der Waals surface area contributed by atoms with Crippen LogP contribution in [0.15, 0.2) is 12.1 Å². The number of carbonyl (C=O) groups is 1. The van der Waals surface area contributed by atoms with Gasteiger partial charge in [0.15, 0.2) is 0 Å². The summed E-state index contributed by atoms with van der Waals surface area (Å²) >= 11 is 11.5. The molecular formula is C10H7Cl2NO2. The van der Waals surface area contributed by atoms with Crippen molar-refractivity contribution in [2.24, 2.45) is 0 Å². The quantitative estimate of drug-likeness (QED) is 0.831. The van der Waals surface area contributed by atoms with E-state index in [1.807, 2.05) is 6.07 Å². The van der Waals surface area contributed by atoms with Crippen LogP contribution in [-0.4, -0.2) is 11.1 Å². The SMILES string of the molecule is N#Cc1c(Cl)ccc(CC(=O)O)c1CCl. The Hall–Kier alpha value is -1.24. The van der Waals surface area contributed by atoms with Crippen LogP contribution in [0.2, 0.25) is 5.02 Å². The second-order valence-corrected chi connectivity index (χ2v) is 3.55. The van der Waals surface area contributed by atoms with Crippen molar-refractivity contribution in [3.63, 3.8) is 0 Å². The molecule has 0 spiro atoms. The molecule has 0 aliphatic heterocycles. The van der Waals surface area contributed by atoms with E-state index in [-0.39, 0.29) is 17.9 Å². The van der Waals surface area contributed by atoms with Gasteiger partial charge in [-0.2, -0.15) is 5.26 Å². The molecule has 0 atom stereocenters. The van der Waals surface area contributed by atoms with Gasteiger partial charge in [0.25, 0.3) is 0 Å². The van der Waals surface area contributed by atoms with E-state index in [2.05, 4.69) is 0 Å². The average molecular weight is 244 g/mol. The molecule has 0 amide bonds. The van der Waals surface area contributed by atoms with Gasteiger partial charge in [0, 0.05) is 5.88 Å². The summed E-state index contributed by atoms with van der Waals surface area (Å²) in [5.41, 5.74) is 1.28. The summed E-state index contributed by atoms with van der Waals surface area (Å²) in [6, 6.07) is 5.01. The number of rotatable bonds is 3. The predicted octanol–water partition coefficient (Wildman–Crippen LogP) is 2.58. The van der Waals surface area contributed by atoms with Gasteiger partial charge in [-0.3, -0.25) is 4.79 Å². The predicted molar refractivity (Wildman–Crippen MR) is 57.1 cm³/mol. The molecular weight excluding hydrogens is 237 g/mol. The van der Waals surface area contributed by atoms with Crippen molar-refractivity contribution < 1.29 is 9.90 Å². The maximum Gasteiger partial charge on any atom is 0.307 e. The number of hydrogen-bond donors (Lipinski definition) is 1. The second kappa shape index (κ2) is 5.01. The smallest absolute Gasteiger partial charge is 0.307 e. The lowest BCUT2D eigenvalue weighted by Crippen LogP contribution is -2.04. The van der Waals surface area contributed by atoms with Crippen molar-refractivity contribution in [1.82, 2.24) is 0 Å². The first-order valence-corrected chi connectivity index (χ1v) is 4.99. The van der Waals surface area contributed by atoms with Gasteiger partial charge in [-0.25, -0.2) is 0 Å². The van der Waals surface area contributed by atoms with Gasteiger partial charge in [0.2, 0.25) is 0 Å². The van der Waals surface area contributed by atoms with Crippen molar-refractivity contribution in [2.45, 2.75) is 12.3 Å². The molecule has 0 radical (unpaired) electrons. The van der Waals surface area contributed by atoms with E-state index in [4.69, 9.17) is 33.6 Å². The molecule has 1 N–H and O–H groups in total. The first kappa shape index (κ1) is 11.8. The molecule has 0 bridgehead atoms. The molecule has 78 valence electrons. The summed E-state index contributed by atoms with van der Waals surface area (Å²) < 4.78 is 0. The van der Waals surface area contributed by atoms with Crippen LogP contribution in [0, 0.1) is 11.3 Å². The number of nitriles is 1. The maximum atomic E-state index is 10.6. The third-order valence-corrected chi connectivity index (χ3v) is 2.53. The van der Waals surface area contributed by atoms with E-state index >= 15 is 0 Å². The van der Waals surface area contributed by atoms with Crippen LogP contribution in [-0.2, 0) is 17.1 Å². The monoisotopic (exact) mass is 243 g/mol. The van der Waals surface area contributed by atoms with Gasteiger partial charge >= 0.3 is 5.97 Å². The van der Waals surface area contributed by atoms with Crippen molar-refractivity contribution >= 4 is 29.2 Å². The molecule has 0 saturated heterocycles. The number of carboxylic acids is 1. The molecule has 0 aliphatic rings. The molecule has 3 nitrogen and oxygen atoms in total. The number of nitrogens with zero attached hydrogens (tertiary/aromatic N) is 1. The summed E-state index contributed by atoms with van der Waals surface area (Å²) in [6.07, 6.45) is -0.159. The fourth-order valence-corrected chi connectivity index (χ4v) is 1.79. The van der Waals surface area contributed by atoms with Gasteiger partial charge < -0.3 is 5.11 Å². The maximum absolute atomic E-state index is 10.6. The van der Waals surface area contributed by atoms with Crippen molar-refractivity contribution in [2.75, 3.05) is 0 Å². The standard InChI is InChI=1S/C10H7Cl2NO2/c11-4-7-6(3-10(14)15)1-2-9(12)8(7)5-13/h1-2H,3-4H2,(H,14,15). The Morgan fingerprint density at radius 3 is 2.67 bits per heavy atom. The molecule has 0 saturated carbocycles. The van der Waals surface area contributed by atoms with Crippen LogP contribution in [0.1, 0.15) is 16.7 Å². The van der Waals surface area contributed by atoms with Crippen LogP contribution in [0.25, 0.3) is 0 Å². The summed E-state index contributed by atoms with van der Waals surface area (Å²) in [5.74, 6) is -0.890.